The standard InChI is InChI=1S/C15H10BrClN4O/c16-11-8-19-21(9-11)13-4-2-1-3-12(13)20-15(22)10-5-6-14(17)18-7-10/h1-9H,(H,20,22). The molecular weight excluding hydrogens is 368 g/mol. The molecule has 110 valence electrons. The van der Waals surface area contributed by atoms with Crippen molar-refractivity contribution in [1.82, 2.24) is 14.8 Å². The quantitative estimate of drug-likeness (QED) is 0.703. The molecule has 0 fully saturated rings. The van der Waals surface area contributed by atoms with Crippen molar-refractivity contribution in [1.29, 1.82) is 0 Å². The van der Waals surface area contributed by atoms with Crippen LogP contribution in [-0.2, 0) is 0 Å². The van der Waals surface area contributed by atoms with Gasteiger partial charge in [-0.1, -0.05) is 23.7 Å². The average molecular weight is 378 g/mol. The Hall–Kier alpha value is -2.18. The first-order valence-electron chi connectivity index (χ1n) is 6.36. The minimum Gasteiger partial charge on any atom is -0.320 e. The van der Waals surface area contributed by atoms with E-state index in [1.807, 2.05) is 30.5 Å². The number of anilines is 1. The van der Waals surface area contributed by atoms with Crippen LogP contribution in [0.1, 0.15) is 10.4 Å². The van der Waals surface area contributed by atoms with E-state index in [4.69, 9.17) is 11.6 Å². The zero-order valence-electron chi connectivity index (χ0n) is 11.2. The number of amides is 1. The van der Waals surface area contributed by atoms with Gasteiger partial charge in [-0.2, -0.15) is 5.10 Å². The summed E-state index contributed by atoms with van der Waals surface area (Å²) >= 11 is 9.08. The summed E-state index contributed by atoms with van der Waals surface area (Å²) in [5.74, 6) is -0.261. The number of rotatable bonds is 3. The molecule has 0 aliphatic rings. The topological polar surface area (TPSA) is 59.8 Å². The maximum Gasteiger partial charge on any atom is 0.257 e. The number of nitrogens with one attached hydrogen (secondary N) is 1. The SMILES string of the molecule is O=C(Nc1ccccc1-n1cc(Br)cn1)c1ccc(Cl)nc1. The van der Waals surface area contributed by atoms with Crippen LogP contribution in [0.3, 0.4) is 0 Å². The van der Waals surface area contributed by atoms with Gasteiger partial charge in [0.05, 0.1) is 27.6 Å². The van der Waals surface area contributed by atoms with Crippen molar-refractivity contribution in [2.75, 3.05) is 5.32 Å². The van der Waals surface area contributed by atoms with E-state index in [-0.39, 0.29) is 5.91 Å². The van der Waals surface area contributed by atoms with Gasteiger partial charge in [0.25, 0.3) is 5.91 Å². The van der Waals surface area contributed by atoms with E-state index in [2.05, 4.69) is 31.3 Å². The van der Waals surface area contributed by atoms with Crippen LogP contribution < -0.4 is 5.32 Å². The number of hydrogen-bond acceptors (Lipinski definition) is 3. The van der Waals surface area contributed by atoms with Crippen LogP contribution >= 0.6 is 27.5 Å². The molecule has 0 aliphatic carbocycles. The van der Waals surface area contributed by atoms with Crippen molar-refractivity contribution in [3.63, 3.8) is 0 Å². The van der Waals surface area contributed by atoms with E-state index in [9.17, 15) is 4.79 Å². The van der Waals surface area contributed by atoms with E-state index >= 15 is 0 Å². The highest BCUT2D eigenvalue weighted by Crippen LogP contribution is 2.21. The lowest BCUT2D eigenvalue weighted by atomic mass is 10.2. The third-order valence-corrected chi connectivity index (χ3v) is 3.57. The van der Waals surface area contributed by atoms with E-state index in [1.54, 1.807) is 23.0 Å². The molecule has 0 saturated heterocycles. The summed E-state index contributed by atoms with van der Waals surface area (Å²) < 4.78 is 2.54. The summed E-state index contributed by atoms with van der Waals surface area (Å²) in [7, 11) is 0. The van der Waals surface area contributed by atoms with Crippen molar-refractivity contribution in [2.24, 2.45) is 0 Å². The van der Waals surface area contributed by atoms with Gasteiger partial charge in [-0.3, -0.25) is 4.79 Å². The number of halogens is 2. The van der Waals surface area contributed by atoms with Gasteiger partial charge in [0, 0.05) is 12.4 Å². The van der Waals surface area contributed by atoms with Crippen molar-refractivity contribution < 1.29 is 4.79 Å². The van der Waals surface area contributed by atoms with Gasteiger partial charge in [-0.25, -0.2) is 9.67 Å². The smallest absolute Gasteiger partial charge is 0.257 e. The van der Waals surface area contributed by atoms with Gasteiger partial charge in [0.15, 0.2) is 0 Å². The molecule has 1 N–H and O–H groups in total. The van der Waals surface area contributed by atoms with E-state index in [1.165, 1.54) is 6.20 Å². The molecule has 1 amide bonds. The number of nitrogens with zero attached hydrogens (tertiary/aromatic N) is 3. The Morgan fingerprint density at radius 3 is 2.68 bits per heavy atom. The molecule has 0 bridgehead atoms. The molecule has 5 nitrogen and oxygen atoms in total. The maximum atomic E-state index is 12.3. The molecule has 1 aromatic carbocycles. The lowest BCUT2D eigenvalue weighted by Crippen LogP contribution is -2.14. The van der Waals surface area contributed by atoms with Crippen LogP contribution in [0.15, 0.2) is 59.5 Å². The predicted molar refractivity (Wildman–Crippen MR) is 88.5 cm³/mol. The van der Waals surface area contributed by atoms with Crippen LogP contribution in [0, 0.1) is 0 Å². The third kappa shape index (κ3) is 3.18. The molecule has 3 aromatic rings. The second kappa shape index (κ2) is 6.29. The lowest BCUT2D eigenvalue weighted by molar-refractivity contribution is 0.102. The maximum absolute atomic E-state index is 12.3. The van der Waals surface area contributed by atoms with Crippen molar-refractivity contribution in [3.05, 3.63) is 70.2 Å². The molecule has 7 heteroatoms. The lowest BCUT2D eigenvalue weighted by Gasteiger charge is -2.10. The molecular formula is C15H10BrClN4O. The molecule has 0 saturated carbocycles. The molecule has 3 rings (SSSR count). The second-order valence-electron chi connectivity index (χ2n) is 4.44. The molecule has 2 aromatic heterocycles. The molecule has 2 heterocycles. The predicted octanol–water partition coefficient (Wildman–Crippen LogP) is 3.94. The van der Waals surface area contributed by atoms with Crippen LogP contribution in [0.2, 0.25) is 5.15 Å². The zero-order valence-corrected chi connectivity index (χ0v) is 13.5. The highest BCUT2D eigenvalue weighted by Gasteiger charge is 2.11. The normalized spacial score (nSPS) is 10.5. The fourth-order valence-electron chi connectivity index (χ4n) is 1.92. The molecule has 0 atom stereocenters. The number of pyridine rings is 1. The summed E-state index contributed by atoms with van der Waals surface area (Å²) in [6, 6.07) is 10.6. The number of benzene rings is 1. The summed E-state index contributed by atoms with van der Waals surface area (Å²) in [6.07, 6.45) is 4.93. The van der Waals surface area contributed by atoms with Crippen LogP contribution in [-0.4, -0.2) is 20.7 Å². The Morgan fingerprint density at radius 1 is 1.18 bits per heavy atom. The van der Waals surface area contributed by atoms with Gasteiger partial charge in [-0.15, -0.1) is 0 Å². The van der Waals surface area contributed by atoms with Gasteiger partial charge in [0.1, 0.15) is 5.15 Å². The fraction of sp³-hybridized carbons (Fsp3) is 0. The number of carbonyl (C=O) groups is 1. The van der Waals surface area contributed by atoms with E-state index in [0.29, 0.717) is 16.4 Å². The third-order valence-electron chi connectivity index (χ3n) is 2.94. The van der Waals surface area contributed by atoms with Crippen LogP contribution in [0.5, 0.6) is 0 Å². The van der Waals surface area contributed by atoms with E-state index in [0.717, 1.165) is 10.2 Å². The fourth-order valence-corrected chi connectivity index (χ4v) is 2.31. The number of hydrogen-bond donors (Lipinski definition) is 1. The van der Waals surface area contributed by atoms with E-state index < -0.39 is 0 Å². The zero-order chi connectivity index (χ0) is 15.5. The van der Waals surface area contributed by atoms with Gasteiger partial charge >= 0.3 is 0 Å². The first-order valence-corrected chi connectivity index (χ1v) is 7.53. The van der Waals surface area contributed by atoms with Gasteiger partial charge in [0.2, 0.25) is 0 Å². The Labute approximate surface area is 140 Å². The Bertz CT molecular complexity index is 816. The molecule has 0 aliphatic heterocycles. The summed E-state index contributed by atoms with van der Waals surface area (Å²) in [6.45, 7) is 0. The highest BCUT2D eigenvalue weighted by atomic mass is 79.9. The summed E-state index contributed by atoms with van der Waals surface area (Å²) in [5.41, 5.74) is 1.85. The van der Waals surface area contributed by atoms with Crippen molar-refractivity contribution in [3.8, 4) is 5.69 Å². The van der Waals surface area contributed by atoms with Crippen molar-refractivity contribution >= 4 is 39.1 Å². The summed E-state index contributed by atoms with van der Waals surface area (Å²) in [5, 5.41) is 7.43. The van der Waals surface area contributed by atoms with Crippen LogP contribution in [0.4, 0.5) is 5.69 Å². The molecule has 0 unspecified atom stereocenters. The van der Waals surface area contributed by atoms with Gasteiger partial charge in [-0.05, 0) is 40.2 Å². The monoisotopic (exact) mass is 376 g/mol. The second-order valence-corrected chi connectivity index (χ2v) is 5.75. The Morgan fingerprint density at radius 2 is 2.00 bits per heavy atom. The van der Waals surface area contributed by atoms with Crippen molar-refractivity contribution in [2.45, 2.75) is 0 Å². The molecule has 0 spiro atoms. The minimum absolute atomic E-state index is 0.261. The Kier molecular flexibility index (Phi) is 4.22. The first-order chi connectivity index (χ1) is 10.6. The minimum atomic E-state index is -0.261. The molecule has 22 heavy (non-hydrogen) atoms. The number of carbonyl (C=O) groups excluding carboxylic acids is 1. The number of para-hydroxylation sites is 2. The number of aromatic nitrogens is 3. The average Bonchev–Trinajstić information content (AvgIpc) is 2.95. The first kappa shape index (κ1) is 14.7. The Balaban J connectivity index is 1.89. The largest absolute Gasteiger partial charge is 0.320 e. The highest BCUT2D eigenvalue weighted by molar-refractivity contribution is 9.10. The van der Waals surface area contributed by atoms with Crippen LogP contribution in [0.25, 0.3) is 5.69 Å². The summed E-state index contributed by atoms with van der Waals surface area (Å²) in [4.78, 5) is 16.2. The molecule has 0 radical (unpaired) electrons. The van der Waals surface area contributed by atoms with Gasteiger partial charge < -0.3 is 5.32 Å².